The van der Waals surface area contributed by atoms with Gasteiger partial charge in [0.05, 0.1) is 0 Å². The Balaban J connectivity index is 2.18. The first-order valence-electron chi connectivity index (χ1n) is 7.05. The van der Waals surface area contributed by atoms with E-state index in [4.69, 9.17) is 16.4 Å². The summed E-state index contributed by atoms with van der Waals surface area (Å²) in [6.45, 7) is 0. The highest BCUT2D eigenvalue weighted by Gasteiger charge is 2.74. The quantitative estimate of drug-likeness (QED) is 0.601. The zero-order valence-electron chi connectivity index (χ0n) is 12.4. The van der Waals surface area contributed by atoms with Gasteiger partial charge in [0.25, 0.3) is 0 Å². The van der Waals surface area contributed by atoms with Gasteiger partial charge in [0.2, 0.25) is 0 Å². The first-order valence-corrected chi connectivity index (χ1v) is 7.43. The third-order valence-electron chi connectivity index (χ3n) is 3.91. The van der Waals surface area contributed by atoms with Gasteiger partial charge in [-0.3, -0.25) is 10.1 Å². The van der Waals surface area contributed by atoms with E-state index in [9.17, 15) is 23.3 Å². The van der Waals surface area contributed by atoms with Crippen molar-refractivity contribution in [3.05, 3.63) is 80.9 Å². The normalized spacial score (nSPS) is 23.0. The van der Waals surface area contributed by atoms with Gasteiger partial charge in [-0.2, -0.15) is 13.2 Å². The summed E-state index contributed by atoms with van der Waals surface area (Å²) in [6.07, 6.45) is -5.07. The molecular formula is C16H10ClF3N2O3. The van der Waals surface area contributed by atoms with Crippen LogP contribution in [-0.2, 0) is 10.4 Å². The Hall–Kier alpha value is -2.61. The van der Waals surface area contributed by atoms with E-state index >= 15 is 0 Å². The maximum atomic E-state index is 13.9. The van der Waals surface area contributed by atoms with E-state index in [1.807, 2.05) is 0 Å². The third-order valence-corrected chi connectivity index (χ3v) is 4.16. The number of rotatable bonds is 3. The van der Waals surface area contributed by atoms with E-state index in [1.165, 1.54) is 42.5 Å². The summed E-state index contributed by atoms with van der Waals surface area (Å²) >= 11 is 5.76. The van der Waals surface area contributed by atoms with Gasteiger partial charge >= 0.3 is 17.8 Å². The van der Waals surface area contributed by atoms with Crippen LogP contribution in [0.25, 0.3) is 0 Å². The van der Waals surface area contributed by atoms with Gasteiger partial charge in [-0.05, 0) is 12.1 Å². The molecule has 0 unspecified atom stereocenters. The minimum Gasteiger partial charge on any atom is -0.366 e. The second kappa shape index (κ2) is 6.03. The Bertz CT molecular complexity index is 825. The second-order valence-electron chi connectivity index (χ2n) is 5.36. The fourth-order valence-corrected chi connectivity index (χ4v) is 2.89. The van der Waals surface area contributed by atoms with Crippen molar-refractivity contribution in [3.63, 3.8) is 0 Å². The Morgan fingerprint density at radius 2 is 1.72 bits per heavy atom. The lowest BCUT2D eigenvalue weighted by molar-refractivity contribution is -0.540. The first-order chi connectivity index (χ1) is 11.8. The van der Waals surface area contributed by atoms with E-state index in [-0.39, 0.29) is 5.56 Å². The van der Waals surface area contributed by atoms with E-state index in [1.54, 1.807) is 0 Å². The number of nitrogens with zero attached hydrogens (tertiary/aromatic N) is 2. The lowest BCUT2D eigenvalue weighted by atomic mass is 9.82. The SMILES string of the molecule is O=[N+]([O-])[C@H]1C(c2ccc(Cl)cc2)=NO[C@]1(c1ccccc1)C(F)(F)F. The van der Waals surface area contributed by atoms with Gasteiger partial charge in [0.15, 0.2) is 5.71 Å². The Kier molecular flexibility index (Phi) is 4.16. The molecule has 3 rings (SSSR count). The molecule has 0 aliphatic carbocycles. The smallest absolute Gasteiger partial charge is 0.366 e. The second-order valence-corrected chi connectivity index (χ2v) is 5.80. The average molecular weight is 371 g/mol. The van der Waals surface area contributed by atoms with Crippen molar-refractivity contribution in [2.24, 2.45) is 5.16 Å². The minimum absolute atomic E-state index is 0.133. The molecular weight excluding hydrogens is 361 g/mol. The molecule has 2 aromatic rings. The molecule has 0 aromatic heterocycles. The molecule has 0 saturated heterocycles. The molecule has 1 heterocycles. The number of hydrogen-bond acceptors (Lipinski definition) is 4. The van der Waals surface area contributed by atoms with Crippen LogP contribution >= 0.6 is 11.6 Å². The van der Waals surface area contributed by atoms with Gasteiger partial charge < -0.3 is 4.84 Å². The fourth-order valence-electron chi connectivity index (χ4n) is 2.76. The zero-order chi connectivity index (χ0) is 18.2. The molecule has 1 aliphatic rings. The molecule has 0 N–H and O–H groups in total. The van der Waals surface area contributed by atoms with E-state index in [2.05, 4.69) is 5.16 Å². The Morgan fingerprint density at radius 1 is 1.12 bits per heavy atom. The molecule has 0 amide bonds. The third kappa shape index (κ3) is 2.72. The van der Waals surface area contributed by atoms with Crippen LogP contribution < -0.4 is 0 Å². The average Bonchev–Trinajstić information content (AvgIpc) is 2.98. The number of hydrogen-bond donors (Lipinski definition) is 0. The molecule has 1 aliphatic heterocycles. The number of oxime groups is 1. The molecule has 0 spiro atoms. The summed E-state index contributed by atoms with van der Waals surface area (Å²) in [6, 6.07) is 9.75. The van der Waals surface area contributed by atoms with Crippen molar-refractivity contribution in [3.8, 4) is 0 Å². The highest BCUT2D eigenvalue weighted by molar-refractivity contribution is 6.30. The largest absolute Gasteiger partial charge is 0.443 e. The van der Waals surface area contributed by atoms with Crippen LogP contribution in [-0.4, -0.2) is 22.9 Å². The summed E-state index contributed by atoms with van der Waals surface area (Å²) in [5.74, 6) is 0. The first kappa shape index (κ1) is 17.2. The molecule has 25 heavy (non-hydrogen) atoms. The van der Waals surface area contributed by atoms with Gasteiger partial charge in [-0.15, -0.1) is 0 Å². The maximum Gasteiger partial charge on any atom is 0.443 e. The zero-order valence-corrected chi connectivity index (χ0v) is 13.2. The van der Waals surface area contributed by atoms with Crippen LogP contribution in [0.4, 0.5) is 13.2 Å². The molecule has 9 heteroatoms. The number of nitro groups is 1. The van der Waals surface area contributed by atoms with Gasteiger partial charge in [0.1, 0.15) is 0 Å². The van der Waals surface area contributed by atoms with E-state index in [0.29, 0.717) is 5.02 Å². The van der Waals surface area contributed by atoms with Crippen LogP contribution in [0.5, 0.6) is 0 Å². The molecule has 0 radical (unpaired) electrons. The van der Waals surface area contributed by atoms with Crippen LogP contribution in [0.3, 0.4) is 0 Å². The number of benzene rings is 2. The molecule has 0 bridgehead atoms. The standard InChI is InChI=1S/C16H10ClF3N2O3/c17-12-8-6-10(7-9-12)13-14(22(23)24)15(25-21-13,16(18,19)20)11-4-2-1-3-5-11/h1-9,14H/t14-,15-/m0/s1. The molecule has 5 nitrogen and oxygen atoms in total. The summed E-state index contributed by atoms with van der Waals surface area (Å²) in [5, 5.41) is 15.4. The van der Waals surface area contributed by atoms with Crippen molar-refractivity contribution in [2.75, 3.05) is 0 Å². The van der Waals surface area contributed by atoms with Crippen LogP contribution in [0.15, 0.2) is 59.8 Å². The minimum atomic E-state index is -5.07. The summed E-state index contributed by atoms with van der Waals surface area (Å²) in [7, 11) is 0. The molecule has 0 saturated carbocycles. The van der Waals surface area contributed by atoms with E-state index in [0.717, 1.165) is 12.1 Å². The molecule has 0 fully saturated rings. The molecule has 2 atom stereocenters. The van der Waals surface area contributed by atoms with Crippen LogP contribution in [0.1, 0.15) is 11.1 Å². The van der Waals surface area contributed by atoms with Gasteiger partial charge in [-0.25, -0.2) is 0 Å². The highest BCUT2D eigenvalue weighted by atomic mass is 35.5. The van der Waals surface area contributed by atoms with Gasteiger partial charge in [0, 0.05) is 21.1 Å². The topological polar surface area (TPSA) is 64.7 Å². The van der Waals surface area contributed by atoms with Crippen molar-refractivity contribution < 1.29 is 22.9 Å². The van der Waals surface area contributed by atoms with Crippen molar-refractivity contribution >= 4 is 17.3 Å². The summed E-state index contributed by atoms with van der Waals surface area (Å²) in [4.78, 5) is 15.3. The van der Waals surface area contributed by atoms with Crippen molar-refractivity contribution in [1.29, 1.82) is 0 Å². The van der Waals surface area contributed by atoms with Crippen molar-refractivity contribution in [2.45, 2.75) is 17.8 Å². The molecule has 2 aromatic carbocycles. The highest BCUT2D eigenvalue weighted by Crippen LogP contribution is 2.49. The molecule has 130 valence electrons. The predicted octanol–water partition coefficient (Wildman–Crippen LogP) is 4.18. The number of alkyl halides is 3. The fraction of sp³-hybridized carbons (Fsp3) is 0.188. The lowest BCUT2D eigenvalue weighted by Crippen LogP contribution is -2.55. The van der Waals surface area contributed by atoms with Crippen LogP contribution in [0.2, 0.25) is 5.02 Å². The monoisotopic (exact) mass is 370 g/mol. The Morgan fingerprint density at radius 3 is 2.24 bits per heavy atom. The summed E-state index contributed by atoms with van der Waals surface area (Å²) in [5.41, 5.74) is -3.87. The maximum absolute atomic E-state index is 13.9. The number of halogens is 4. The van der Waals surface area contributed by atoms with Crippen molar-refractivity contribution in [1.82, 2.24) is 0 Å². The summed E-state index contributed by atoms with van der Waals surface area (Å²) < 4.78 is 41.8. The lowest BCUT2D eigenvalue weighted by Gasteiger charge is -2.30. The predicted molar refractivity (Wildman–Crippen MR) is 84.0 cm³/mol. The van der Waals surface area contributed by atoms with Gasteiger partial charge in [-0.1, -0.05) is 59.2 Å². The Labute approximate surface area is 144 Å². The van der Waals surface area contributed by atoms with E-state index < -0.39 is 34.0 Å². The van der Waals surface area contributed by atoms with Crippen LogP contribution in [0, 0.1) is 10.1 Å².